The predicted octanol–water partition coefficient (Wildman–Crippen LogP) is 2.78. The number of amides is 1. The van der Waals surface area contributed by atoms with Gasteiger partial charge in [-0.3, -0.25) is 14.8 Å². The van der Waals surface area contributed by atoms with E-state index in [9.17, 15) is 4.79 Å². The third kappa shape index (κ3) is 3.93. The van der Waals surface area contributed by atoms with Crippen molar-refractivity contribution in [1.82, 2.24) is 24.5 Å². The van der Waals surface area contributed by atoms with Gasteiger partial charge in [0.25, 0.3) is 0 Å². The number of anilines is 1. The Morgan fingerprint density at radius 2 is 2.00 bits per heavy atom. The highest BCUT2D eigenvalue weighted by Crippen LogP contribution is 2.13. The maximum atomic E-state index is 12.0. The van der Waals surface area contributed by atoms with Gasteiger partial charge in [-0.25, -0.2) is 9.67 Å². The maximum Gasteiger partial charge on any atom is 0.248 e. The van der Waals surface area contributed by atoms with Gasteiger partial charge in [-0.05, 0) is 24.6 Å². The lowest BCUT2D eigenvalue weighted by Crippen LogP contribution is -2.21. The fourth-order valence-corrected chi connectivity index (χ4v) is 2.36. The Labute approximate surface area is 148 Å². The predicted molar refractivity (Wildman–Crippen MR) is 91.2 cm³/mol. The van der Waals surface area contributed by atoms with Crippen LogP contribution < -0.4 is 5.32 Å². The smallest absolute Gasteiger partial charge is 0.248 e. The van der Waals surface area contributed by atoms with Crippen LogP contribution in [0, 0.1) is 6.92 Å². The summed E-state index contributed by atoms with van der Waals surface area (Å²) in [6, 6.07) is 7.45. The zero-order valence-corrected chi connectivity index (χ0v) is 14.3. The molecule has 24 heavy (non-hydrogen) atoms. The second-order valence-corrected chi connectivity index (χ2v) is 6.02. The molecule has 0 fully saturated rings. The van der Waals surface area contributed by atoms with Crippen molar-refractivity contribution in [2.75, 3.05) is 5.32 Å². The van der Waals surface area contributed by atoms with Gasteiger partial charge in [-0.2, -0.15) is 5.10 Å². The fraction of sp³-hybridized carbons (Fsp3) is 0.200. The summed E-state index contributed by atoms with van der Waals surface area (Å²) in [7, 11) is 0. The molecule has 0 bridgehead atoms. The number of nitrogens with zero attached hydrogens (tertiary/aromatic N) is 5. The van der Waals surface area contributed by atoms with Crippen molar-refractivity contribution in [3.05, 3.63) is 58.1 Å². The molecule has 0 unspecified atom stereocenters. The molecule has 3 aromatic rings. The molecule has 2 heterocycles. The first-order chi connectivity index (χ1) is 11.5. The molecule has 0 saturated heterocycles. The summed E-state index contributed by atoms with van der Waals surface area (Å²) in [5.41, 5.74) is 1.76. The molecule has 0 atom stereocenters. The van der Waals surface area contributed by atoms with Crippen LogP contribution in [0.5, 0.6) is 0 Å². The van der Waals surface area contributed by atoms with Gasteiger partial charge in [-0.1, -0.05) is 35.3 Å². The van der Waals surface area contributed by atoms with Gasteiger partial charge in [0.05, 0.1) is 23.5 Å². The first-order valence-corrected chi connectivity index (χ1v) is 7.88. The average molecular weight is 365 g/mol. The van der Waals surface area contributed by atoms with E-state index in [1.165, 1.54) is 10.9 Å². The van der Waals surface area contributed by atoms with Crippen molar-refractivity contribution < 1.29 is 4.79 Å². The lowest BCUT2D eigenvalue weighted by Gasteiger charge is -2.04. The van der Waals surface area contributed by atoms with Gasteiger partial charge < -0.3 is 0 Å². The number of hydrogen-bond donors (Lipinski definition) is 1. The van der Waals surface area contributed by atoms with Crippen molar-refractivity contribution in [2.45, 2.75) is 20.0 Å². The molecule has 2 aromatic heterocycles. The monoisotopic (exact) mass is 364 g/mol. The van der Waals surface area contributed by atoms with E-state index in [1.807, 2.05) is 24.3 Å². The molecule has 0 aliphatic carbocycles. The van der Waals surface area contributed by atoms with E-state index in [1.54, 1.807) is 17.9 Å². The number of aromatic nitrogens is 5. The number of rotatable bonds is 5. The summed E-state index contributed by atoms with van der Waals surface area (Å²) in [4.78, 5) is 16.1. The van der Waals surface area contributed by atoms with Crippen LogP contribution in [0.25, 0.3) is 0 Å². The maximum absolute atomic E-state index is 12.0. The molecule has 7 nitrogen and oxygen atoms in total. The molecule has 9 heteroatoms. The molecule has 0 aliphatic rings. The summed E-state index contributed by atoms with van der Waals surface area (Å²) in [6.07, 6.45) is 3.06. The highest BCUT2D eigenvalue weighted by Gasteiger charge is 2.11. The molecule has 124 valence electrons. The standard InChI is InChI=1S/C15H14Cl2N6O/c1-10-13(17)6-19-23(10)8-14(24)20-15-18-9-22(21-15)7-11-2-4-12(16)5-3-11/h2-6,9H,7-8H2,1H3,(H,20,21,24). The van der Waals surface area contributed by atoms with E-state index in [0.717, 1.165) is 11.3 Å². The number of nitrogens with one attached hydrogen (secondary N) is 1. The van der Waals surface area contributed by atoms with Crippen LogP contribution in [0.1, 0.15) is 11.3 Å². The van der Waals surface area contributed by atoms with Crippen molar-refractivity contribution in [3.63, 3.8) is 0 Å². The summed E-state index contributed by atoms with van der Waals surface area (Å²) in [6.45, 7) is 2.37. The number of benzene rings is 1. The van der Waals surface area contributed by atoms with Gasteiger partial charge >= 0.3 is 0 Å². The van der Waals surface area contributed by atoms with Crippen LogP contribution in [0.3, 0.4) is 0 Å². The normalized spacial score (nSPS) is 10.8. The quantitative estimate of drug-likeness (QED) is 0.754. The molecule has 1 N–H and O–H groups in total. The molecule has 0 radical (unpaired) electrons. The number of hydrogen-bond acceptors (Lipinski definition) is 4. The van der Waals surface area contributed by atoms with E-state index in [0.29, 0.717) is 16.6 Å². The van der Waals surface area contributed by atoms with Gasteiger partial charge in [0.15, 0.2) is 0 Å². The molecule has 0 aliphatic heterocycles. The topological polar surface area (TPSA) is 77.6 Å². The first-order valence-electron chi connectivity index (χ1n) is 7.13. The number of halogens is 2. The molecular formula is C15H14Cl2N6O. The van der Waals surface area contributed by atoms with E-state index in [-0.39, 0.29) is 18.4 Å². The largest absolute Gasteiger partial charge is 0.292 e. The summed E-state index contributed by atoms with van der Waals surface area (Å²) >= 11 is 11.8. The third-order valence-corrected chi connectivity index (χ3v) is 4.01. The van der Waals surface area contributed by atoms with E-state index >= 15 is 0 Å². The Hall–Kier alpha value is -2.38. The van der Waals surface area contributed by atoms with Crippen LogP contribution in [0.4, 0.5) is 5.95 Å². The average Bonchev–Trinajstić information content (AvgIpc) is 3.11. The van der Waals surface area contributed by atoms with Crippen molar-refractivity contribution >= 4 is 35.1 Å². The van der Waals surface area contributed by atoms with Gasteiger partial charge in [0, 0.05) is 5.02 Å². The minimum Gasteiger partial charge on any atom is -0.292 e. The molecule has 1 aromatic carbocycles. The van der Waals surface area contributed by atoms with Crippen molar-refractivity contribution in [1.29, 1.82) is 0 Å². The Morgan fingerprint density at radius 3 is 2.67 bits per heavy atom. The zero-order chi connectivity index (χ0) is 17.1. The zero-order valence-electron chi connectivity index (χ0n) is 12.8. The first kappa shape index (κ1) is 16.5. The Bertz CT molecular complexity index is 855. The summed E-state index contributed by atoms with van der Waals surface area (Å²) in [5.74, 6) is -0.0352. The number of carbonyl (C=O) groups is 1. The minimum atomic E-state index is -0.276. The van der Waals surface area contributed by atoms with E-state index < -0.39 is 0 Å². The van der Waals surface area contributed by atoms with Crippen LogP contribution in [0.2, 0.25) is 10.0 Å². The fourth-order valence-electron chi connectivity index (χ4n) is 2.09. The minimum absolute atomic E-state index is 0.0459. The van der Waals surface area contributed by atoms with E-state index in [4.69, 9.17) is 23.2 Å². The Kier molecular flexibility index (Phi) is 4.82. The lowest BCUT2D eigenvalue weighted by atomic mass is 10.2. The molecule has 0 saturated carbocycles. The van der Waals surface area contributed by atoms with Crippen LogP contribution in [-0.4, -0.2) is 30.5 Å². The van der Waals surface area contributed by atoms with Crippen LogP contribution in [-0.2, 0) is 17.9 Å². The van der Waals surface area contributed by atoms with E-state index in [2.05, 4.69) is 20.5 Å². The lowest BCUT2D eigenvalue weighted by molar-refractivity contribution is -0.117. The molecule has 1 amide bonds. The molecule has 0 spiro atoms. The summed E-state index contributed by atoms with van der Waals surface area (Å²) < 4.78 is 3.15. The highest BCUT2D eigenvalue weighted by molar-refractivity contribution is 6.31. The van der Waals surface area contributed by atoms with Gasteiger partial charge in [0.2, 0.25) is 11.9 Å². The van der Waals surface area contributed by atoms with Crippen molar-refractivity contribution in [2.24, 2.45) is 0 Å². The van der Waals surface area contributed by atoms with Gasteiger partial charge in [0.1, 0.15) is 12.9 Å². The molecular weight excluding hydrogens is 351 g/mol. The van der Waals surface area contributed by atoms with Crippen molar-refractivity contribution in [3.8, 4) is 0 Å². The highest BCUT2D eigenvalue weighted by atomic mass is 35.5. The second-order valence-electron chi connectivity index (χ2n) is 5.18. The SMILES string of the molecule is Cc1c(Cl)cnn1CC(=O)Nc1ncn(Cc2ccc(Cl)cc2)n1. The number of carbonyl (C=O) groups excluding carboxylic acids is 1. The Morgan fingerprint density at radius 1 is 1.25 bits per heavy atom. The molecule has 3 rings (SSSR count). The second kappa shape index (κ2) is 7.02. The summed E-state index contributed by atoms with van der Waals surface area (Å²) in [5, 5.41) is 12.1. The van der Waals surface area contributed by atoms with Crippen LogP contribution in [0.15, 0.2) is 36.8 Å². The van der Waals surface area contributed by atoms with Gasteiger partial charge in [-0.15, -0.1) is 5.10 Å². The van der Waals surface area contributed by atoms with Crippen LogP contribution >= 0.6 is 23.2 Å². The Balaban J connectivity index is 1.60. The third-order valence-electron chi connectivity index (χ3n) is 3.38.